The van der Waals surface area contributed by atoms with Crippen LogP contribution in [0.25, 0.3) is 0 Å². The van der Waals surface area contributed by atoms with Crippen molar-refractivity contribution in [3.05, 3.63) is 35.4 Å². The van der Waals surface area contributed by atoms with Gasteiger partial charge in [0.15, 0.2) is 0 Å². The summed E-state index contributed by atoms with van der Waals surface area (Å²) in [5.41, 5.74) is 1.48. The maximum absolute atomic E-state index is 12.9. The Balaban J connectivity index is 1.67. The average Bonchev–Trinajstić information content (AvgIpc) is 2.90. The molecule has 6 heteroatoms. The van der Waals surface area contributed by atoms with Gasteiger partial charge in [-0.2, -0.15) is 0 Å². The molecule has 1 aromatic carbocycles. The van der Waals surface area contributed by atoms with Crippen LogP contribution in [-0.4, -0.2) is 34.8 Å². The number of carbonyl (C=O) groups excluding carboxylic acids is 3. The number of nitrogens with zero attached hydrogens (tertiary/aromatic N) is 1. The number of urea groups is 1. The fraction of sp³-hybridized carbons (Fsp3) is 0.609. The van der Waals surface area contributed by atoms with Crippen LogP contribution in [0, 0.1) is 5.92 Å². The van der Waals surface area contributed by atoms with Crippen molar-refractivity contribution in [2.75, 3.05) is 6.54 Å². The van der Waals surface area contributed by atoms with Crippen LogP contribution in [0.5, 0.6) is 0 Å². The fourth-order valence-electron chi connectivity index (χ4n) is 4.40. The SMILES string of the molecule is CC(C)c1ccc([C@@H](NC(=O)CN2C(=O)NC3(CCCCC3)C2=O)C(C)C)cc1. The van der Waals surface area contributed by atoms with Crippen molar-refractivity contribution in [1.82, 2.24) is 15.5 Å². The van der Waals surface area contributed by atoms with Gasteiger partial charge in [0.2, 0.25) is 5.91 Å². The zero-order valence-corrected chi connectivity index (χ0v) is 18.0. The number of nitrogens with one attached hydrogen (secondary N) is 2. The van der Waals surface area contributed by atoms with Gasteiger partial charge in [-0.25, -0.2) is 4.79 Å². The molecule has 0 bridgehead atoms. The Hall–Kier alpha value is -2.37. The first-order valence-corrected chi connectivity index (χ1v) is 10.8. The second kappa shape index (κ2) is 8.56. The van der Waals surface area contributed by atoms with E-state index in [1.807, 2.05) is 26.0 Å². The molecule has 29 heavy (non-hydrogen) atoms. The predicted molar refractivity (Wildman–Crippen MR) is 112 cm³/mol. The molecule has 1 atom stereocenters. The molecule has 1 aliphatic heterocycles. The molecule has 2 aliphatic rings. The molecule has 2 N–H and O–H groups in total. The van der Waals surface area contributed by atoms with Crippen molar-refractivity contribution in [2.24, 2.45) is 5.92 Å². The minimum absolute atomic E-state index is 0.173. The first-order chi connectivity index (χ1) is 13.7. The molecule has 1 spiro atoms. The van der Waals surface area contributed by atoms with Crippen molar-refractivity contribution in [1.29, 1.82) is 0 Å². The van der Waals surface area contributed by atoms with Crippen LogP contribution in [0.15, 0.2) is 24.3 Å². The van der Waals surface area contributed by atoms with Crippen molar-refractivity contribution in [3.8, 4) is 0 Å². The molecular weight excluding hydrogens is 366 g/mol. The van der Waals surface area contributed by atoms with Crippen molar-refractivity contribution >= 4 is 17.8 Å². The standard InChI is InChI=1S/C23H33N3O3/c1-15(2)17-8-10-18(11-9-17)20(16(3)4)24-19(27)14-26-21(28)23(25-22(26)29)12-6-5-7-13-23/h8-11,15-16,20H,5-7,12-14H2,1-4H3,(H,24,27)(H,25,29)/t20-/m0/s1. The summed E-state index contributed by atoms with van der Waals surface area (Å²) in [4.78, 5) is 39.1. The smallest absolute Gasteiger partial charge is 0.325 e. The van der Waals surface area contributed by atoms with Crippen LogP contribution < -0.4 is 10.6 Å². The topological polar surface area (TPSA) is 78.5 Å². The quantitative estimate of drug-likeness (QED) is 0.713. The van der Waals surface area contributed by atoms with Gasteiger partial charge in [0.1, 0.15) is 12.1 Å². The van der Waals surface area contributed by atoms with E-state index in [-0.39, 0.29) is 30.3 Å². The molecule has 4 amide bonds. The zero-order chi connectivity index (χ0) is 21.2. The number of hydrogen-bond acceptors (Lipinski definition) is 3. The normalized spacial score (nSPS) is 19.7. The molecule has 6 nitrogen and oxygen atoms in total. The van der Waals surface area contributed by atoms with Crippen LogP contribution in [0.4, 0.5) is 4.79 Å². The lowest BCUT2D eigenvalue weighted by atomic mass is 9.82. The molecule has 1 aliphatic carbocycles. The summed E-state index contributed by atoms with van der Waals surface area (Å²) < 4.78 is 0. The minimum Gasteiger partial charge on any atom is -0.347 e. The molecule has 1 aromatic rings. The Bertz CT molecular complexity index is 764. The molecule has 0 aromatic heterocycles. The average molecular weight is 400 g/mol. The van der Waals surface area contributed by atoms with Gasteiger partial charge >= 0.3 is 6.03 Å². The highest BCUT2D eigenvalue weighted by Gasteiger charge is 2.51. The maximum atomic E-state index is 12.9. The van der Waals surface area contributed by atoms with Gasteiger partial charge in [0, 0.05) is 0 Å². The molecule has 1 heterocycles. The Kier molecular flexibility index (Phi) is 6.30. The Labute approximate surface area is 173 Å². The van der Waals surface area contributed by atoms with Crippen molar-refractivity contribution in [3.63, 3.8) is 0 Å². The molecular formula is C23H33N3O3. The molecule has 158 valence electrons. The van der Waals surface area contributed by atoms with Gasteiger partial charge < -0.3 is 10.6 Å². The molecule has 2 fully saturated rings. The van der Waals surface area contributed by atoms with Crippen LogP contribution in [0.1, 0.15) is 82.9 Å². The molecule has 3 rings (SSSR count). The number of imide groups is 1. The van der Waals surface area contributed by atoms with Crippen LogP contribution in [0.2, 0.25) is 0 Å². The van der Waals surface area contributed by atoms with E-state index in [0.29, 0.717) is 18.8 Å². The van der Waals surface area contributed by atoms with E-state index in [1.54, 1.807) is 0 Å². The maximum Gasteiger partial charge on any atom is 0.325 e. The lowest BCUT2D eigenvalue weighted by Gasteiger charge is -2.30. The summed E-state index contributed by atoms with van der Waals surface area (Å²) in [6, 6.07) is 7.65. The highest BCUT2D eigenvalue weighted by molar-refractivity contribution is 6.09. The number of amides is 4. The first kappa shape index (κ1) is 21.3. The van der Waals surface area contributed by atoms with Crippen LogP contribution >= 0.6 is 0 Å². The third-order valence-corrected chi connectivity index (χ3v) is 6.20. The van der Waals surface area contributed by atoms with Gasteiger partial charge in [0.25, 0.3) is 5.91 Å². The fourth-order valence-corrected chi connectivity index (χ4v) is 4.40. The Morgan fingerprint density at radius 2 is 1.62 bits per heavy atom. The van der Waals surface area contributed by atoms with E-state index in [0.717, 1.165) is 29.7 Å². The monoisotopic (exact) mass is 399 g/mol. The first-order valence-electron chi connectivity index (χ1n) is 10.8. The van der Waals surface area contributed by atoms with Gasteiger partial charge in [-0.15, -0.1) is 0 Å². The zero-order valence-electron chi connectivity index (χ0n) is 18.0. The summed E-state index contributed by atoms with van der Waals surface area (Å²) in [7, 11) is 0. The van der Waals surface area contributed by atoms with Crippen molar-refractivity contribution < 1.29 is 14.4 Å². The number of benzene rings is 1. The second-order valence-electron chi connectivity index (χ2n) is 9.07. The Morgan fingerprint density at radius 3 is 2.17 bits per heavy atom. The van der Waals surface area contributed by atoms with Gasteiger partial charge in [-0.3, -0.25) is 14.5 Å². The summed E-state index contributed by atoms with van der Waals surface area (Å²) in [5.74, 6) is 0.0623. The summed E-state index contributed by atoms with van der Waals surface area (Å²) in [6.07, 6.45) is 4.25. The van der Waals surface area contributed by atoms with Crippen molar-refractivity contribution in [2.45, 2.75) is 77.3 Å². The van der Waals surface area contributed by atoms with Gasteiger partial charge in [-0.1, -0.05) is 71.2 Å². The minimum atomic E-state index is -0.792. The highest BCUT2D eigenvalue weighted by atomic mass is 16.2. The van der Waals surface area contributed by atoms with E-state index in [2.05, 4.69) is 36.6 Å². The van der Waals surface area contributed by atoms with Gasteiger partial charge in [0.05, 0.1) is 6.04 Å². The van der Waals surface area contributed by atoms with Crippen LogP contribution in [0.3, 0.4) is 0 Å². The van der Waals surface area contributed by atoms with E-state index in [1.165, 1.54) is 5.56 Å². The summed E-state index contributed by atoms with van der Waals surface area (Å²) in [6.45, 7) is 8.15. The third-order valence-electron chi connectivity index (χ3n) is 6.20. The summed E-state index contributed by atoms with van der Waals surface area (Å²) in [5, 5.41) is 5.88. The van der Waals surface area contributed by atoms with E-state index >= 15 is 0 Å². The third kappa shape index (κ3) is 4.46. The lowest BCUT2D eigenvalue weighted by Crippen LogP contribution is -2.49. The predicted octanol–water partition coefficient (Wildman–Crippen LogP) is 3.88. The number of carbonyl (C=O) groups is 3. The summed E-state index contributed by atoms with van der Waals surface area (Å²) >= 11 is 0. The number of rotatable bonds is 6. The number of hydrogen-bond donors (Lipinski definition) is 2. The Morgan fingerprint density at radius 1 is 1.03 bits per heavy atom. The molecule has 1 saturated heterocycles. The molecule has 0 unspecified atom stereocenters. The second-order valence-corrected chi connectivity index (χ2v) is 9.07. The largest absolute Gasteiger partial charge is 0.347 e. The molecule has 1 saturated carbocycles. The van der Waals surface area contributed by atoms with E-state index in [9.17, 15) is 14.4 Å². The van der Waals surface area contributed by atoms with E-state index < -0.39 is 11.6 Å². The molecule has 0 radical (unpaired) electrons. The van der Waals surface area contributed by atoms with Crippen LogP contribution in [-0.2, 0) is 9.59 Å². The van der Waals surface area contributed by atoms with E-state index in [4.69, 9.17) is 0 Å². The lowest BCUT2D eigenvalue weighted by molar-refractivity contribution is -0.136. The highest BCUT2D eigenvalue weighted by Crippen LogP contribution is 2.33. The van der Waals surface area contributed by atoms with Gasteiger partial charge in [-0.05, 0) is 35.8 Å².